The molecule has 1 aliphatic rings. The molecular formula is C23H25N3O5. The first kappa shape index (κ1) is 20.9. The number of fused-ring (bicyclic) bond motifs is 1. The number of aromatic hydroxyl groups is 1. The quantitative estimate of drug-likeness (QED) is 0.526. The van der Waals surface area contributed by atoms with Crippen LogP contribution in [0.25, 0.3) is 16.7 Å². The van der Waals surface area contributed by atoms with Crippen LogP contribution in [0.3, 0.4) is 0 Å². The van der Waals surface area contributed by atoms with Crippen LogP contribution in [-0.4, -0.2) is 56.9 Å². The van der Waals surface area contributed by atoms with Gasteiger partial charge in [0.2, 0.25) is 0 Å². The summed E-state index contributed by atoms with van der Waals surface area (Å²) >= 11 is 0. The highest BCUT2D eigenvalue weighted by atomic mass is 16.5. The second kappa shape index (κ2) is 8.79. The number of esters is 1. The van der Waals surface area contributed by atoms with Crippen molar-refractivity contribution >= 4 is 22.7 Å². The van der Waals surface area contributed by atoms with Gasteiger partial charge in [-0.05, 0) is 36.8 Å². The van der Waals surface area contributed by atoms with E-state index < -0.39 is 12.1 Å². The first-order valence-corrected chi connectivity index (χ1v) is 10.3. The second-order valence-electron chi connectivity index (χ2n) is 7.50. The molecular weight excluding hydrogens is 398 g/mol. The third kappa shape index (κ3) is 4.26. The van der Waals surface area contributed by atoms with Gasteiger partial charge in [-0.25, -0.2) is 9.59 Å². The Kier molecular flexibility index (Phi) is 5.92. The summed E-state index contributed by atoms with van der Waals surface area (Å²) < 4.78 is 6.65. The number of nitrogens with one attached hydrogen (secondary N) is 1. The Hall–Kier alpha value is -3.36. The monoisotopic (exact) mass is 423 g/mol. The van der Waals surface area contributed by atoms with E-state index in [4.69, 9.17) is 4.74 Å². The Bertz CT molecular complexity index is 1190. The van der Waals surface area contributed by atoms with Crippen molar-refractivity contribution in [2.24, 2.45) is 0 Å². The third-order valence-electron chi connectivity index (χ3n) is 5.48. The zero-order valence-electron chi connectivity index (χ0n) is 17.2. The van der Waals surface area contributed by atoms with E-state index >= 15 is 0 Å². The van der Waals surface area contributed by atoms with Crippen molar-refractivity contribution in [2.75, 3.05) is 26.2 Å². The van der Waals surface area contributed by atoms with Crippen molar-refractivity contribution in [2.45, 2.75) is 19.4 Å². The summed E-state index contributed by atoms with van der Waals surface area (Å²) in [7, 11) is 0. The number of imidazole rings is 1. The molecule has 1 aromatic heterocycles. The molecule has 4 rings (SSSR count). The average Bonchev–Trinajstić information content (AvgIpc) is 3.10. The lowest BCUT2D eigenvalue weighted by Gasteiger charge is -2.28. The zero-order chi connectivity index (χ0) is 22.0. The summed E-state index contributed by atoms with van der Waals surface area (Å²) in [5.41, 5.74) is 3.00. The molecule has 0 radical (unpaired) electrons. The van der Waals surface area contributed by atoms with Crippen molar-refractivity contribution in [3.05, 3.63) is 70.2 Å². The van der Waals surface area contributed by atoms with Crippen LogP contribution in [0.4, 0.5) is 0 Å². The van der Waals surface area contributed by atoms with Gasteiger partial charge in [0.05, 0.1) is 23.7 Å². The molecule has 8 heteroatoms. The summed E-state index contributed by atoms with van der Waals surface area (Å²) in [6, 6.07) is 12.0. The van der Waals surface area contributed by atoms with E-state index in [-0.39, 0.29) is 23.6 Å². The Labute approximate surface area is 179 Å². The Morgan fingerprint density at radius 1 is 1.26 bits per heavy atom. The van der Waals surface area contributed by atoms with Gasteiger partial charge in [-0.3, -0.25) is 9.47 Å². The van der Waals surface area contributed by atoms with E-state index in [1.807, 2.05) is 30.3 Å². The summed E-state index contributed by atoms with van der Waals surface area (Å²) in [5.74, 6) is -0.798. The predicted octanol–water partition coefficient (Wildman–Crippen LogP) is 2.49. The van der Waals surface area contributed by atoms with Gasteiger partial charge in [0, 0.05) is 31.8 Å². The molecule has 162 valence electrons. The molecule has 0 bridgehead atoms. The van der Waals surface area contributed by atoms with Crippen molar-refractivity contribution in [1.29, 1.82) is 0 Å². The maximum Gasteiger partial charge on any atom is 0.341 e. The smallest absolute Gasteiger partial charge is 0.341 e. The molecule has 1 atom stereocenters. The first-order valence-electron chi connectivity index (χ1n) is 10.3. The van der Waals surface area contributed by atoms with Crippen LogP contribution >= 0.6 is 0 Å². The fourth-order valence-electron chi connectivity index (χ4n) is 3.89. The molecule has 3 aromatic rings. The molecule has 0 saturated heterocycles. The van der Waals surface area contributed by atoms with E-state index in [1.54, 1.807) is 17.6 Å². The number of aromatic amines is 1. The van der Waals surface area contributed by atoms with Gasteiger partial charge in [-0.1, -0.05) is 24.3 Å². The van der Waals surface area contributed by atoms with Gasteiger partial charge < -0.3 is 19.9 Å². The van der Waals surface area contributed by atoms with Crippen LogP contribution in [0.15, 0.2) is 53.3 Å². The second-order valence-corrected chi connectivity index (χ2v) is 7.50. The molecule has 31 heavy (non-hydrogen) atoms. The van der Waals surface area contributed by atoms with Crippen LogP contribution < -0.4 is 5.69 Å². The number of hydrogen-bond acceptors (Lipinski definition) is 6. The number of para-hydroxylation sites is 2. The van der Waals surface area contributed by atoms with Gasteiger partial charge in [-0.2, -0.15) is 0 Å². The number of aromatic nitrogens is 2. The molecule has 2 aromatic carbocycles. The summed E-state index contributed by atoms with van der Waals surface area (Å²) in [6.45, 7) is 3.52. The molecule has 0 amide bonds. The number of β-amino-alcohol motifs (C(OH)–C–C–N with tert-alkyl or cyclic N) is 1. The molecule has 0 saturated carbocycles. The minimum absolute atomic E-state index is 0.0398. The molecule has 0 aliphatic carbocycles. The van der Waals surface area contributed by atoms with Crippen LogP contribution in [0, 0.1) is 0 Å². The molecule has 2 heterocycles. The minimum Gasteiger partial charge on any atom is -0.507 e. The lowest BCUT2D eigenvalue weighted by atomic mass is 10.0. The van der Waals surface area contributed by atoms with Gasteiger partial charge in [0.25, 0.3) is 0 Å². The molecule has 3 N–H and O–H groups in total. The normalized spacial score (nSPS) is 15.6. The van der Waals surface area contributed by atoms with Gasteiger partial charge in [0.1, 0.15) is 11.3 Å². The molecule has 1 aliphatic heterocycles. The van der Waals surface area contributed by atoms with Crippen molar-refractivity contribution in [3.8, 4) is 5.75 Å². The predicted molar refractivity (Wildman–Crippen MR) is 117 cm³/mol. The standard InChI is InChI=1S/C23H25N3O5/c1-2-31-22(29)17-13-15(7-8-20(17)27)21(28)14-25-11-9-16(10-12-25)26-19-6-4-3-5-18(19)24-23(26)30/h3-9,13,21,27-28H,2,10-12,14H2,1H3,(H,24,30). The third-order valence-corrected chi connectivity index (χ3v) is 5.48. The number of nitrogens with zero attached hydrogens (tertiary/aromatic N) is 2. The fourth-order valence-corrected chi connectivity index (χ4v) is 3.89. The van der Waals surface area contributed by atoms with E-state index in [0.717, 1.165) is 16.7 Å². The Balaban J connectivity index is 1.47. The largest absolute Gasteiger partial charge is 0.507 e. The van der Waals surface area contributed by atoms with Crippen molar-refractivity contribution in [1.82, 2.24) is 14.5 Å². The number of H-pyrrole nitrogens is 1. The van der Waals surface area contributed by atoms with Gasteiger partial charge >= 0.3 is 11.7 Å². The zero-order valence-corrected chi connectivity index (χ0v) is 17.2. The summed E-state index contributed by atoms with van der Waals surface area (Å²) in [6.07, 6.45) is 1.83. The number of aliphatic hydroxyl groups is 1. The van der Waals surface area contributed by atoms with Crippen LogP contribution in [0.5, 0.6) is 5.75 Å². The molecule has 0 fully saturated rings. The average molecular weight is 423 g/mol. The number of phenols is 1. The van der Waals surface area contributed by atoms with Gasteiger partial charge in [-0.15, -0.1) is 0 Å². The lowest BCUT2D eigenvalue weighted by Crippen LogP contribution is -2.34. The lowest BCUT2D eigenvalue weighted by molar-refractivity contribution is 0.0522. The van der Waals surface area contributed by atoms with Gasteiger partial charge in [0.15, 0.2) is 0 Å². The number of phenolic OH excluding ortho intramolecular Hbond substituents is 1. The minimum atomic E-state index is -0.834. The highest BCUT2D eigenvalue weighted by molar-refractivity contribution is 5.92. The van der Waals surface area contributed by atoms with Crippen molar-refractivity contribution in [3.63, 3.8) is 0 Å². The number of ether oxygens (including phenoxy) is 1. The topological polar surface area (TPSA) is 108 Å². The van der Waals surface area contributed by atoms with Crippen molar-refractivity contribution < 1.29 is 19.7 Å². The summed E-state index contributed by atoms with van der Waals surface area (Å²) in [4.78, 5) is 29.3. The number of benzene rings is 2. The Morgan fingerprint density at radius 2 is 2.06 bits per heavy atom. The van der Waals surface area contributed by atoms with Crippen LogP contribution in [0.1, 0.15) is 35.4 Å². The van der Waals surface area contributed by atoms with Crippen LogP contribution in [0.2, 0.25) is 0 Å². The maximum absolute atomic E-state index is 12.4. The number of carbonyl (C=O) groups excluding carboxylic acids is 1. The molecule has 0 spiro atoms. The highest BCUT2D eigenvalue weighted by Crippen LogP contribution is 2.25. The highest BCUT2D eigenvalue weighted by Gasteiger charge is 2.21. The number of aliphatic hydroxyl groups excluding tert-OH is 1. The van der Waals surface area contributed by atoms with E-state index in [2.05, 4.69) is 9.88 Å². The van der Waals surface area contributed by atoms with E-state index in [0.29, 0.717) is 31.6 Å². The number of rotatable bonds is 6. The summed E-state index contributed by atoms with van der Waals surface area (Å²) in [5, 5.41) is 20.6. The molecule has 8 nitrogen and oxygen atoms in total. The first-order chi connectivity index (χ1) is 15.0. The van der Waals surface area contributed by atoms with E-state index in [9.17, 15) is 19.8 Å². The Morgan fingerprint density at radius 3 is 2.81 bits per heavy atom. The maximum atomic E-state index is 12.4. The van der Waals surface area contributed by atoms with Crippen LogP contribution in [-0.2, 0) is 4.74 Å². The molecule has 1 unspecified atom stereocenters. The van der Waals surface area contributed by atoms with E-state index in [1.165, 1.54) is 12.1 Å². The fraction of sp³-hybridized carbons (Fsp3) is 0.304. The number of hydrogen-bond donors (Lipinski definition) is 3. The number of carbonyl (C=O) groups is 1. The SMILES string of the molecule is CCOC(=O)c1cc(C(O)CN2CC=C(n3c(=O)[nH]c4ccccc43)CC2)ccc1O.